The Bertz CT molecular complexity index is 620. The number of aromatic carboxylic acids is 2. The Kier molecular flexibility index (Phi) is 5.82. The van der Waals surface area contributed by atoms with Gasteiger partial charge in [0, 0.05) is 26.3 Å². The topological polar surface area (TPSA) is 91.7 Å². The molecule has 2 rings (SSSR count). The molecular formula is C14H10NiO5S. The van der Waals surface area contributed by atoms with E-state index in [0.29, 0.717) is 9.79 Å². The minimum Gasteiger partial charge on any atom is -0.478 e. The van der Waals surface area contributed by atoms with Gasteiger partial charge in [-0.3, -0.25) is 0 Å². The maximum atomic E-state index is 12.2. The van der Waals surface area contributed by atoms with Crippen molar-refractivity contribution in [2.75, 3.05) is 0 Å². The number of benzene rings is 2. The molecule has 0 atom stereocenters. The van der Waals surface area contributed by atoms with E-state index in [1.807, 2.05) is 0 Å². The van der Waals surface area contributed by atoms with Gasteiger partial charge in [0.1, 0.15) is 0 Å². The number of carboxylic acid groups (broad SMARTS) is 2. The van der Waals surface area contributed by atoms with E-state index in [9.17, 15) is 13.8 Å². The van der Waals surface area contributed by atoms with E-state index >= 15 is 0 Å². The summed E-state index contributed by atoms with van der Waals surface area (Å²) >= 11 is 0. The van der Waals surface area contributed by atoms with Gasteiger partial charge in [0.25, 0.3) is 0 Å². The van der Waals surface area contributed by atoms with Gasteiger partial charge in [-0.1, -0.05) is 0 Å². The summed E-state index contributed by atoms with van der Waals surface area (Å²) in [5, 5.41) is 17.6. The average Bonchev–Trinajstić information content (AvgIpc) is 2.46. The molecule has 0 fully saturated rings. The number of rotatable bonds is 4. The zero-order valence-corrected chi connectivity index (χ0v) is 12.3. The van der Waals surface area contributed by atoms with Gasteiger partial charge in [-0.25, -0.2) is 13.8 Å². The number of carboxylic acids is 2. The van der Waals surface area contributed by atoms with E-state index in [0.717, 1.165) is 0 Å². The number of hydrogen-bond acceptors (Lipinski definition) is 3. The first-order chi connectivity index (χ1) is 9.49. The molecule has 0 aliphatic heterocycles. The molecule has 2 aromatic rings. The van der Waals surface area contributed by atoms with Crippen LogP contribution in [0.25, 0.3) is 0 Å². The molecule has 7 heteroatoms. The smallest absolute Gasteiger partial charge is 0.335 e. The molecule has 2 aromatic carbocycles. The van der Waals surface area contributed by atoms with E-state index in [1.165, 1.54) is 48.5 Å². The molecule has 21 heavy (non-hydrogen) atoms. The van der Waals surface area contributed by atoms with Gasteiger partial charge in [-0.05, 0) is 48.5 Å². The van der Waals surface area contributed by atoms with E-state index in [4.69, 9.17) is 10.2 Å². The van der Waals surface area contributed by atoms with E-state index < -0.39 is 22.7 Å². The zero-order chi connectivity index (χ0) is 14.7. The van der Waals surface area contributed by atoms with Gasteiger partial charge < -0.3 is 10.2 Å². The third kappa shape index (κ3) is 4.00. The van der Waals surface area contributed by atoms with Crippen LogP contribution in [0, 0.1) is 0 Å². The second-order valence-electron chi connectivity index (χ2n) is 3.93. The van der Waals surface area contributed by atoms with Gasteiger partial charge >= 0.3 is 11.9 Å². The van der Waals surface area contributed by atoms with Gasteiger partial charge in [0.15, 0.2) is 0 Å². The molecule has 0 unspecified atom stereocenters. The molecule has 2 N–H and O–H groups in total. The summed E-state index contributed by atoms with van der Waals surface area (Å²) < 4.78 is 12.2. The van der Waals surface area contributed by atoms with Crippen molar-refractivity contribution in [2.24, 2.45) is 0 Å². The molecule has 0 saturated heterocycles. The maximum absolute atomic E-state index is 12.2. The molecule has 0 amide bonds. The number of hydrogen-bond donors (Lipinski definition) is 2. The molecule has 0 aliphatic carbocycles. The van der Waals surface area contributed by atoms with E-state index in [2.05, 4.69) is 0 Å². The van der Waals surface area contributed by atoms with Crippen molar-refractivity contribution in [2.45, 2.75) is 9.79 Å². The molecule has 0 saturated carbocycles. The Morgan fingerprint density at radius 3 is 1.24 bits per heavy atom. The Morgan fingerprint density at radius 2 is 1.00 bits per heavy atom. The van der Waals surface area contributed by atoms with Crippen LogP contribution in [-0.2, 0) is 27.3 Å². The van der Waals surface area contributed by atoms with Crippen LogP contribution in [0.1, 0.15) is 20.7 Å². The van der Waals surface area contributed by atoms with E-state index in [1.54, 1.807) is 0 Å². The molecule has 112 valence electrons. The quantitative estimate of drug-likeness (QED) is 0.827. The van der Waals surface area contributed by atoms with Crippen LogP contribution < -0.4 is 0 Å². The van der Waals surface area contributed by atoms with Crippen molar-refractivity contribution < 1.29 is 40.5 Å². The van der Waals surface area contributed by atoms with Gasteiger partial charge in [-0.2, -0.15) is 0 Å². The van der Waals surface area contributed by atoms with Crippen LogP contribution in [0.4, 0.5) is 0 Å². The predicted octanol–water partition coefficient (Wildman–Crippen LogP) is 2.25. The van der Waals surface area contributed by atoms with Crippen molar-refractivity contribution in [1.82, 2.24) is 0 Å². The molecule has 0 spiro atoms. The van der Waals surface area contributed by atoms with Crippen molar-refractivity contribution >= 4 is 22.7 Å². The van der Waals surface area contributed by atoms with Crippen molar-refractivity contribution in [3.8, 4) is 0 Å². The third-order valence-electron chi connectivity index (χ3n) is 2.63. The predicted molar refractivity (Wildman–Crippen MR) is 71.5 cm³/mol. The monoisotopic (exact) mass is 348 g/mol. The van der Waals surface area contributed by atoms with Crippen molar-refractivity contribution in [3.05, 3.63) is 59.7 Å². The van der Waals surface area contributed by atoms with Gasteiger partial charge in [0.05, 0.1) is 21.9 Å². The fraction of sp³-hybridized carbons (Fsp3) is 0. The van der Waals surface area contributed by atoms with Crippen LogP contribution in [0.2, 0.25) is 0 Å². The molecule has 0 heterocycles. The summed E-state index contributed by atoms with van der Waals surface area (Å²) in [6.45, 7) is 0. The van der Waals surface area contributed by atoms with Crippen molar-refractivity contribution in [1.29, 1.82) is 0 Å². The van der Waals surface area contributed by atoms with Crippen molar-refractivity contribution in [3.63, 3.8) is 0 Å². The SMILES string of the molecule is O=C(O)c1ccc(S(=O)c2ccc(C(=O)O)cc2)cc1.[Ni]. The summed E-state index contributed by atoms with van der Waals surface area (Å²) in [6.07, 6.45) is 0. The Morgan fingerprint density at radius 1 is 0.714 bits per heavy atom. The van der Waals surface area contributed by atoms with Gasteiger partial charge in [0.2, 0.25) is 0 Å². The van der Waals surface area contributed by atoms with Crippen LogP contribution in [0.3, 0.4) is 0 Å². The van der Waals surface area contributed by atoms with Crippen LogP contribution in [0.5, 0.6) is 0 Å². The average molecular weight is 349 g/mol. The normalized spacial score (nSPS) is 9.95. The summed E-state index contributed by atoms with van der Waals surface area (Å²) in [6, 6.07) is 11.4. The number of carbonyl (C=O) groups is 2. The fourth-order valence-corrected chi connectivity index (χ4v) is 2.62. The second kappa shape index (κ2) is 7.15. The zero-order valence-electron chi connectivity index (χ0n) is 10.5. The molecule has 0 bridgehead atoms. The summed E-state index contributed by atoms with van der Waals surface area (Å²) in [5.41, 5.74) is 0.235. The summed E-state index contributed by atoms with van der Waals surface area (Å²) in [5.74, 6) is -2.10. The molecule has 0 radical (unpaired) electrons. The first kappa shape index (κ1) is 17.1. The third-order valence-corrected chi connectivity index (χ3v) is 4.03. The van der Waals surface area contributed by atoms with Crippen LogP contribution in [-0.4, -0.2) is 26.4 Å². The second-order valence-corrected chi connectivity index (χ2v) is 5.41. The molecule has 5 nitrogen and oxygen atoms in total. The first-order valence-electron chi connectivity index (χ1n) is 5.57. The Labute approximate surface area is 133 Å². The molecule has 0 aliphatic rings. The van der Waals surface area contributed by atoms with E-state index in [-0.39, 0.29) is 27.6 Å². The molecule has 0 aromatic heterocycles. The Balaban J connectivity index is 0.00000220. The maximum Gasteiger partial charge on any atom is 0.335 e. The van der Waals surface area contributed by atoms with Crippen LogP contribution >= 0.6 is 0 Å². The Hall–Kier alpha value is -1.98. The molecular weight excluding hydrogens is 339 g/mol. The summed E-state index contributed by atoms with van der Waals surface area (Å²) in [4.78, 5) is 22.4. The fourth-order valence-electron chi connectivity index (χ4n) is 1.58. The van der Waals surface area contributed by atoms with Crippen LogP contribution in [0.15, 0.2) is 58.3 Å². The largest absolute Gasteiger partial charge is 0.478 e. The standard InChI is InChI=1S/C14H10O5S.Ni/c15-13(16)9-1-5-11(6-2-9)20(19)12-7-3-10(4-8-12)14(17)18;/h1-8H,(H,15,16)(H,17,18);. The minimum atomic E-state index is -1.48. The minimum absolute atomic E-state index is 0. The first-order valence-corrected chi connectivity index (χ1v) is 6.72. The summed E-state index contributed by atoms with van der Waals surface area (Å²) in [7, 11) is -1.48. The van der Waals surface area contributed by atoms with Gasteiger partial charge in [-0.15, -0.1) is 0 Å².